The third-order valence-corrected chi connectivity index (χ3v) is 6.44. The average molecular weight is 461 g/mol. The highest BCUT2D eigenvalue weighted by atomic mass is 19.1. The molecule has 5 nitrogen and oxygen atoms in total. The van der Waals surface area contributed by atoms with Gasteiger partial charge in [0.25, 0.3) is 0 Å². The number of halogens is 1. The molecule has 0 aromatic heterocycles. The predicted octanol–water partition coefficient (Wildman–Crippen LogP) is 4.87. The Kier molecular flexibility index (Phi) is 7.56. The van der Waals surface area contributed by atoms with Crippen LogP contribution in [0.2, 0.25) is 0 Å². The molecule has 2 aromatic rings. The summed E-state index contributed by atoms with van der Waals surface area (Å²) in [6.45, 7) is 4.81. The van der Waals surface area contributed by atoms with Crippen LogP contribution in [0.25, 0.3) is 11.1 Å². The molecule has 2 aromatic carbocycles. The van der Waals surface area contributed by atoms with Gasteiger partial charge in [-0.1, -0.05) is 37.3 Å². The standard InChI is InChI=1S/C28H29FN2O3/c1-18-11-26(32)27(34-17-20-9-10-31-15-20)13-24(22-7-8-23(14-30)25(29)12-22)28(18)21-5-3-19(4-6-21)16-33-2/h3-8,12-13,18,20,31H,9-11,15-17H2,1-2H3/t18?,20-/m0/s1. The van der Waals surface area contributed by atoms with Crippen molar-refractivity contribution in [1.29, 1.82) is 5.26 Å². The molecule has 1 unspecified atom stereocenters. The molecule has 0 radical (unpaired) electrons. The van der Waals surface area contributed by atoms with E-state index in [4.69, 9.17) is 14.7 Å². The molecule has 1 fully saturated rings. The maximum absolute atomic E-state index is 14.6. The van der Waals surface area contributed by atoms with Gasteiger partial charge in [-0.05, 0) is 64.9 Å². The van der Waals surface area contributed by atoms with Crippen LogP contribution >= 0.6 is 0 Å². The van der Waals surface area contributed by atoms with Crippen LogP contribution in [0.3, 0.4) is 0 Å². The molecule has 176 valence electrons. The van der Waals surface area contributed by atoms with Crippen LogP contribution in [0, 0.1) is 29.0 Å². The third-order valence-electron chi connectivity index (χ3n) is 6.44. The summed E-state index contributed by atoms with van der Waals surface area (Å²) in [7, 11) is 1.65. The number of nitrogens with zero attached hydrogens (tertiary/aromatic N) is 1. The van der Waals surface area contributed by atoms with Gasteiger partial charge in [-0.25, -0.2) is 4.39 Å². The predicted molar refractivity (Wildman–Crippen MR) is 129 cm³/mol. The molecule has 1 aliphatic carbocycles. The van der Waals surface area contributed by atoms with E-state index < -0.39 is 5.82 Å². The fourth-order valence-electron chi connectivity index (χ4n) is 4.62. The number of carbonyl (C=O) groups excluding carboxylic acids is 1. The van der Waals surface area contributed by atoms with Crippen LogP contribution in [-0.4, -0.2) is 32.6 Å². The number of methoxy groups -OCH3 is 1. The lowest BCUT2D eigenvalue weighted by molar-refractivity contribution is -0.119. The molecule has 2 atom stereocenters. The van der Waals surface area contributed by atoms with Crippen molar-refractivity contribution in [3.05, 3.63) is 82.4 Å². The molecular formula is C28H29FN2O3. The fourth-order valence-corrected chi connectivity index (χ4v) is 4.62. The van der Waals surface area contributed by atoms with Crippen molar-refractivity contribution in [2.75, 3.05) is 26.8 Å². The highest BCUT2D eigenvalue weighted by Gasteiger charge is 2.28. The van der Waals surface area contributed by atoms with Crippen molar-refractivity contribution in [3.8, 4) is 6.07 Å². The maximum atomic E-state index is 14.6. The lowest BCUT2D eigenvalue weighted by atomic mass is 9.85. The minimum atomic E-state index is -0.585. The van der Waals surface area contributed by atoms with Crippen LogP contribution in [0.15, 0.2) is 54.3 Å². The average Bonchev–Trinajstić information content (AvgIpc) is 3.31. The molecule has 4 rings (SSSR count). The quantitative estimate of drug-likeness (QED) is 0.638. The van der Waals surface area contributed by atoms with E-state index in [2.05, 4.69) is 5.32 Å². The first-order valence-electron chi connectivity index (χ1n) is 11.6. The molecular weight excluding hydrogens is 431 g/mol. The largest absolute Gasteiger partial charge is 0.489 e. The van der Waals surface area contributed by atoms with Gasteiger partial charge in [-0.3, -0.25) is 4.79 Å². The van der Waals surface area contributed by atoms with E-state index in [1.54, 1.807) is 19.3 Å². The topological polar surface area (TPSA) is 71.3 Å². The van der Waals surface area contributed by atoms with E-state index >= 15 is 0 Å². The summed E-state index contributed by atoms with van der Waals surface area (Å²) in [5.74, 6) is -0.0825. The van der Waals surface area contributed by atoms with Crippen molar-refractivity contribution < 1.29 is 18.7 Å². The molecule has 0 spiro atoms. The van der Waals surface area contributed by atoms with Crippen LogP contribution < -0.4 is 5.32 Å². The molecule has 2 aliphatic rings. The van der Waals surface area contributed by atoms with E-state index in [1.165, 1.54) is 12.1 Å². The van der Waals surface area contributed by atoms with Gasteiger partial charge >= 0.3 is 0 Å². The highest BCUT2D eigenvalue weighted by molar-refractivity contribution is 6.05. The van der Waals surface area contributed by atoms with Crippen molar-refractivity contribution in [2.45, 2.75) is 26.4 Å². The Morgan fingerprint density at radius 2 is 1.94 bits per heavy atom. The summed E-state index contributed by atoms with van der Waals surface area (Å²) < 4.78 is 25.9. The van der Waals surface area contributed by atoms with Crippen molar-refractivity contribution >= 4 is 16.9 Å². The Labute approximate surface area is 199 Å². The number of nitriles is 1. The summed E-state index contributed by atoms with van der Waals surface area (Å²) in [5.41, 5.74) is 4.28. The molecule has 1 aliphatic heterocycles. The Balaban J connectivity index is 1.81. The summed E-state index contributed by atoms with van der Waals surface area (Å²) in [4.78, 5) is 13.1. The number of ketones is 1. The zero-order valence-electron chi connectivity index (χ0n) is 19.6. The Morgan fingerprint density at radius 3 is 2.59 bits per heavy atom. The van der Waals surface area contributed by atoms with Gasteiger partial charge in [0.2, 0.25) is 0 Å². The van der Waals surface area contributed by atoms with Crippen molar-refractivity contribution in [3.63, 3.8) is 0 Å². The van der Waals surface area contributed by atoms with Crippen molar-refractivity contribution in [2.24, 2.45) is 11.8 Å². The molecule has 0 bridgehead atoms. The van der Waals surface area contributed by atoms with Gasteiger partial charge in [0.05, 0.1) is 18.8 Å². The monoisotopic (exact) mass is 460 g/mol. The van der Waals surface area contributed by atoms with Crippen LogP contribution in [0.4, 0.5) is 4.39 Å². The summed E-state index contributed by atoms with van der Waals surface area (Å²) in [5, 5.41) is 12.5. The van der Waals surface area contributed by atoms with Gasteiger partial charge in [0.15, 0.2) is 11.5 Å². The summed E-state index contributed by atoms with van der Waals surface area (Å²) >= 11 is 0. The Hall–Kier alpha value is -3.27. The van der Waals surface area contributed by atoms with Crippen LogP contribution in [0.5, 0.6) is 0 Å². The zero-order chi connectivity index (χ0) is 24.1. The number of nitrogens with one attached hydrogen (secondary N) is 1. The second kappa shape index (κ2) is 10.8. The Bertz CT molecular complexity index is 1160. The van der Waals surface area contributed by atoms with E-state index in [9.17, 15) is 9.18 Å². The smallest absolute Gasteiger partial charge is 0.197 e. The number of ether oxygens (including phenoxy) is 2. The normalized spacial score (nSPS) is 20.6. The minimum absolute atomic E-state index is 0.0123. The van der Waals surface area contributed by atoms with E-state index in [-0.39, 0.29) is 17.3 Å². The first-order chi connectivity index (χ1) is 16.5. The summed E-state index contributed by atoms with van der Waals surface area (Å²) in [6.07, 6.45) is 3.07. The van der Waals surface area contributed by atoms with Gasteiger partial charge < -0.3 is 14.8 Å². The second-order valence-corrected chi connectivity index (χ2v) is 8.97. The number of allylic oxidation sites excluding steroid dienone is 4. The fraction of sp³-hybridized carbons (Fsp3) is 0.357. The molecule has 1 N–H and O–H groups in total. The van der Waals surface area contributed by atoms with Crippen molar-refractivity contribution in [1.82, 2.24) is 5.32 Å². The molecule has 1 heterocycles. The number of rotatable bonds is 7. The highest BCUT2D eigenvalue weighted by Crippen LogP contribution is 2.39. The lowest BCUT2D eigenvalue weighted by Gasteiger charge is -2.18. The second-order valence-electron chi connectivity index (χ2n) is 8.97. The lowest BCUT2D eigenvalue weighted by Crippen LogP contribution is -2.16. The first kappa shape index (κ1) is 23.9. The Morgan fingerprint density at radius 1 is 1.18 bits per heavy atom. The van der Waals surface area contributed by atoms with Crippen LogP contribution in [0.1, 0.15) is 42.0 Å². The number of hydrogen-bond acceptors (Lipinski definition) is 5. The zero-order valence-corrected chi connectivity index (χ0v) is 19.6. The third kappa shape index (κ3) is 5.27. The summed E-state index contributed by atoms with van der Waals surface area (Å²) in [6, 6.07) is 14.5. The van der Waals surface area contributed by atoms with Gasteiger partial charge in [-0.2, -0.15) is 5.26 Å². The van der Waals surface area contributed by atoms with Gasteiger partial charge in [-0.15, -0.1) is 0 Å². The number of carbonyl (C=O) groups is 1. The molecule has 0 amide bonds. The molecule has 34 heavy (non-hydrogen) atoms. The van der Waals surface area contributed by atoms with E-state index in [0.29, 0.717) is 36.9 Å². The minimum Gasteiger partial charge on any atom is -0.489 e. The number of Topliss-reactive ketones (excluding diaryl/α,β-unsaturated/α-hetero) is 1. The molecule has 0 saturated carbocycles. The first-order valence-corrected chi connectivity index (χ1v) is 11.6. The van der Waals surface area contributed by atoms with Gasteiger partial charge in [0, 0.05) is 26.0 Å². The van der Waals surface area contributed by atoms with Crippen LogP contribution in [-0.2, 0) is 20.9 Å². The SMILES string of the molecule is COCc1ccc(C2=C(c3ccc(C#N)c(F)c3)C=C(OC[C@H]3CCNC3)C(=O)CC2C)cc1. The maximum Gasteiger partial charge on any atom is 0.197 e. The number of hydrogen-bond donors (Lipinski definition) is 1. The number of benzene rings is 2. The van der Waals surface area contributed by atoms with E-state index in [1.807, 2.05) is 37.3 Å². The molecule has 6 heteroatoms. The van der Waals surface area contributed by atoms with E-state index in [0.717, 1.165) is 41.8 Å². The molecule has 1 saturated heterocycles. The van der Waals surface area contributed by atoms with Gasteiger partial charge in [0.1, 0.15) is 11.9 Å².